The van der Waals surface area contributed by atoms with E-state index < -0.39 is 0 Å². The van der Waals surface area contributed by atoms with Crippen LogP contribution in [0, 0.1) is 0 Å². The maximum Gasteiger partial charge on any atom is 0.205 e. The molecular weight excluding hydrogens is 188 g/mol. The van der Waals surface area contributed by atoms with Crippen LogP contribution in [-0.4, -0.2) is 31.9 Å². The molecular formula is C6H8N6S. The predicted octanol–water partition coefficient (Wildman–Crippen LogP) is 0.311. The van der Waals surface area contributed by atoms with Crippen LogP contribution < -0.4 is 5.32 Å². The minimum absolute atomic E-state index is 0.782. The Hall–Kier alpha value is -1.50. The number of H-pyrrole nitrogens is 1. The van der Waals surface area contributed by atoms with Gasteiger partial charge in [0.1, 0.15) is 17.7 Å². The molecule has 0 aromatic carbocycles. The first-order valence-electron chi connectivity index (χ1n) is 3.79. The molecule has 0 fully saturated rings. The highest BCUT2D eigenvalue weighted by atomic mass is 32.1. The Kier molecular flexibility index (Phi) is 2.46. The third-order valence-corrected chi connectivity index (χ3v) is 2.11. The van der Waals surface area contributed by atoms with Crippen LogP contribution in [0.4, 0.5) is 5.13 Å². The summed E-state index contributed by atoms with van der Waals surface area (Å²) in [6.45, 7) is 0.782. The van der Waals surface area contributed by atoms with Crippen molar-refractivity contribution in [1.82, 2.24) is 25.4 Å². The summed E-state index contributed by atoms with van der Waals surface area (Å²) in [6, 6.07) is 0. The van der Waals surface area contributed by atoms with Gasteiger partial charge < -0.3 is 5.32 Å². The van der Waals surface area contributed by atoms with E-state index >= 15 is 0 Å². The second kappa shape index (κ2) is 3.94. The van der Waals surface area contributed by atoms with Crippen LogP contribution in [0.2, 0.25) is 0 Å². The van der Waals surface area contributed by atoms with Gasteiger partial charge in [-0.1, -0.05) is 11.3 Å². The molecule has 0 bridgehead atoms. The number of aromatic nitrogens is 5. The van der Waals surface area contributed by atoms with Gasteiger partial charge in [0.05, 0.1) is 0 Å². The summed E-state index contributed by atoms with van der Waals surface area (Å²) in [5.74, 6) is 0.872. The topological polar surface area (TPSA) is 79.4 Å². The number of hydrogen-bond donors (Lipinski definition) is 2. The van der Waals surface area contributed by atoms with E-state index in [4.69, 9.17) is 0 Å². The Morgan fingerprint density at radius 3 is 3.23 bits per heavy atom. The summed E-state index contributed by atoms with van der Waals surface area (Å²) in [7, 11) is 0. The zero-order valence-corrected chi connectivity index (χ0v) is 7.58. The molecule has 0 saturated carbocycles. The van der Waals surface area contributed by atoms with E-state index in [1.54, 1.807) is 5.51 Å². The van der Waals surface area contributed by atoms with E-state index in [0.717, 1.165) is 23.9 Å². The van der Waals surface area contributed by atoms with Crippen LogP contribution >= 0.6 is 11.3 Å². The summed E-state index contributed by atoms with van der Waals surface area (Å²) >= 11 is 1.48. The van der Waals surface area contributed by atoms with Crippen LogP contribution in [0.3, 0.4) is 0 Å². The van der Waals surface area contributed by atoms with Crippen molar-refractivity contribution in [3.63, 3.8) is 0 Å². The third kappa shape index (κ3) is 2.22. The molecule has 0 saturated heterocycles. The van der Waals surface area contributed by atoms with Crippen LogP contribution in [-0.2, 0) is 6.42 Å². The first kappa shape index (κ1) is 8.11. The minimum atomic E-state index is 0.782. The fraction of sp³-hybridized carbons (Fsp3) is 0.333. The molecule has 2 aromatic heterocycles. The lowest BCUT2D eigenvalue weighted by atomic mass is 10.4. The van der Waals surface area contributed by atoms with Gasteiger partial charge >= 0.3 is 0 Å². The number of rotatable bonds is 4. The Labute approximate surface area is 78.4 Å². The fourth-order valence-electron chi connectivity index (χ4n) is 0.889. The van der Waals surface area contributed by atoms with Crippen molar-refractivity contribution in [2.24, 2.45) is 0 Å². The van der Waals surface area contributed by atoms with E-state index in [1.165, 1.54) is 17.7 Å². The van der Waals surface area contributed by atoms with E-state index in [0.29, 0.717) is 0 Å². The van der Waals surface area contributed by atoms with Gasteiger partial charge in [0.15, 0.2) is 0 Å². The lowest BCUT2D eigenvalue weighted by Gasteiger charge is -1.97. The molecule has 0 atom stereocenters. The van der Waals surface area contributed by atoms with Crippen LogP contribution in [0.15, 0.2) is 11.8 Å². The van der Waals surface area contributed by atoms with Gasteiger partial charge in [-0.05, 0) is 0 Å². The second-order valence-electron chi connectivity index (χ2n) is 2.35. The van der Waals surface area contributed by atoms with Crippen molar-refractivity contribution in [3.05, 3.63) is 17.7 Å². The molecule has 0 spiro atoms. The van der Waals surface area contributed by atoms with Crippen molar-refractivity contribution in [3.8, 4) is 0 Å². The Bertz CT molecular complexity index is 294. The highest BCUT2D eigenvalue weighted by molar-refractivity contribution is 7.13. The number of anilines is 1. The summed E-state index contributed by atoms with van der Waals surface area (Å²) in [5, 5.41) is 18.0. The van der Waals surface area contributed by atoms with Crippen LogP contribution in [0.1, 0.15) is 5.82 Å². The molecule has 2 aromatic rings. The predicted molar refractivity (Wildman–Crippen MR) is 48.5 cm³/mol. The SMILES string of the molecule is c1n[nH]c(CCNc2nncs2)n1. The lowest BCUT2D eigenvalue weighted by Crippen LogP contribution is -2.05. The molecule has 0 amide bonds. The molecule has 2 rings (SSSR count). The highest BCUT2D eigenvalue weighted by Crippen LogP contribution is 2.07. The monoisotopic (exact) mass is 196 g/mol. The van der Waals surface area contributed by atoms with Crippen LogP contribution in [0.5, 0.6) is 0 Å². The zero-order chi connectivity index (χ0) is 8.93. The first-order chi connectivity index (χ1) is 6.45. The molecule has 68 valence electrons. The number of hydrogen-bond acceptors (Lipinski definition) is 6. The van der Waals surface area contributed by atoms with E-state index in [1.807, 2.05) is 0 Å². The molecule has 0 aliphatic rings. The fourth-order valence-corrected chi connectivity index (χ4v) is 1.36. The quantitative estimate of drug-likeness (QED) is 0.735. The zero-order valence-electron chi connectivity index (χ0n) is 6.77. The normalized spacial score (nSPS) is 10.2. The van der Waals surface area contributed by atoms with Gasteiger partial charge in [0, 0.05) is 13.0 Å². The van der Waals surface area contributed by atoms with Crippen LogP contribution in [0.25, 0.3) is 0 Å². The van der Waals surface area contributed by atoms with E-state index in [9.17, 15) is 0 Å². The molecule has 0 unspecified atom stereocenters. The van der Waals surface area contributed by atoms with Crippen molar-refractivity contribution in [2.45, 2.75) is 6.42 Å². The molecule has 7 heteroatoms. The molecule has 2 N–H and O–H groups in total. The summed E-state index contributed by atoms with van der Waals surface area (Å²) < 4.78 is 0. The van der Waals surface area contributed by atoms with Gasteiger partial charge in [-0.15, -0.1) is 10.2 Å². The van der Waals surface area contributed by atoms with Crippen molar-refractivity contribution < 1.29 is 0 Å². The maximum absolute atomic E-state index is 4.00. The Morgan fingerprint density at radius 2 is 2.54 bits per heavy atom. The van der Waals surface area contributed by atoms with Gasteiger partial charge in [-0.3, -0.25) is 5.10 Å². The largest absolute Gasteiger partial charge is 0.360 e. The molecule has 0 aliphatic heterocycles. The smallest absolute Gasteiger partial charge is 0.205 e. The maximum atomic E-state index is 4.00. The standard InChI is InChI=1S/C6H8N6S/c1(5-8-3-9-11-5)2-7-6-12-10-4-13-6/h3-4H,1-2H2,(H,7,12)(H,8,9,11). The summed E-state index contributed by atoms with van der Waals surface area (Å²) in [6.07, 6.45) is 2.31. The third-order valence-electron chi connectivity index (χ3n) is 1.46. The lowest BCUT2D eigenvalue weighted by molar-refractivity contribution is 0.896. The molecule has 2 heterocycles. The first-order valence-corrected chi connectivity index (χ1v) is 4.67. The number of nitrogens with one attached hydrogen (secondary N) is 2. The molecule has 13 heavy (non-hydrogen) atoms. The van der Waals surface area contributed by atoms with Gasteiger partial charge in [-0.2, -0.15) is 5.10 Å². The van der Waals surface area contributed by atoms with Crippen molar-refractivity contribution in [1.29, 1.82) is 0 Å². The molecule has 6 nitrogen and oxygen atoms in total. The Morgan fingerprint density at radius 1 is 1.54 bits per heavy atom. The van der Waals surface area contributed by atoms with E-state index in [2.05, 4.69) is 30.7 Å². The number of aromatic amines is 1. The second-order valence-corrected chi connectivity index (χ2v) is 3.19. The summed E-state index contributed by atoms with van der Waals surface area (Å²) in [5.41, 5.74) is 1.69. The summed E-state index contributed by atoms with van der Waals surface area (Å²) in [4.78, 5) is 4.00. The van der Waals surface area contributed by atoms with Crippen molar-refractivity contribution >= 4 is 16.5 Å². The van der Waals surface area contributed by atoms with Gasteiger partial charge in [0.25, 0.3) is 0 Å². The average molecular weight is 196 g/mol. The van der Waals surface area contributed by atoms with E-state index in [-0.39, 0.29) is 0 Å². The average Bonchev–Trinajstić information content (AvgIpc) is 2.75. The molecule has 0 aliphatic carbocycles. The van der Waals surface area contributed by atoms with Gasteiger partial charge in [-0.25, -0.2) is 4.98 Å². The molecule has 0 radical (unpaired) electrons. The minimum Gasteiger partial charge on any atom is -0.360 e. The number of nitrogens with zero attached hydrogens (tertiary/aromatic N) is 4. The highest BCUT2D eigenvalue weighted by Gasteiger charge is 1.97. The van der Waals surface area contributed by atoms with Gasteiger partial charge in [0.2, 0.25) is 5.13 Å². The Balaban J connectivity index is 1.76. The van der Waals surface area contributed by atoms with Crippen molar-refractivity contribution in [2.75, 3.05) is 11.9 Å².